The highest BCUT2D eigenvalue weighted by Crippen LogP contribution is 2.16. The quantitative estimate of drug-likeness (QED) is 0.556. The maximum atomic E-state index is 12.6. The van der Waals surface area contributed by atoms with Gasteiger partial charge in [0, 0.05) is 18.9 Å². The van der Waals surface area contributed by atoms with Gasteiger partial charge in [-0.25, -0.2) is 14.5 Å². The van der Waals surface area contributed by atoms with E-state index in [2.05, 4.69) is 15.1 Å². The largest absolute Gasteiger partial charge is 0.497 e. The molecule has 4 rings (SSSR count). The number of ether oxygens (including phenoxy) is 1. The highest BCUT2D eigenvalue weighted by atomic mass is 16.5. The van der Waals surface area contributed by atoms with Crippen molar-refractivity contribution in [3.05, 3.63) is 70.4 Å². The van der Waals surface area contributed by atoms with Gasteiger partial charge in [-0.05, 0) is 23.8 Å². The van der Waals surface area contributed by atoms with Gasteiger partial charge >= 0.3 is 5.97 Å². The standard InChI is InChI=1S/C18H15N5O4/c1-27-13-4-2-11(3-5-13)9-22-7-6-14-15(22)16(24)21-18(20-14)23-10-12(8-19-23)17(25)26/h2-8,10H,9H2,1H3,(H,25,26)(H,20,21,24). The summed E-state index contributed by atoms with van der Waals surface area (Å²) >= 11 is 0. The van der Waals surface area contributed by atoms with Crippen molar-refractivity contribution in [2.75, 3.05) is 7.11 Å². The molecule has 0 saturated heterocycles. The normalized spacial score (nSPS) is 11.0. The van der Waals surface area contributed by atoms with E-state index in [-0.39, 0.29) is 17.1 Å². The van der Waals surface area contributed by atoms with Crippen LogP contribution in [0.15, 0.2) is 53.7 Å². The first-order valence-electron chi connectivity index (χ1n) is 8.05. The van der Waals surface area contributed by atoms with Crippen LogP contribution in [0, 0.1) is 0 Å². The van der Waals surface area contributed by atoms with Gasteiger partial charge in [-0.2, -0.15) is 5.10 Å². The van der Waals surface area contributed by atoms with Crippen molar-refractivity contribution in [3.8, 4) is 11.7 Å². The van der Waals surface area contributed by atoms with E-state index < -0.39 is 5.97 Å². The van der Waals surface area contributed by atoms with Crippen LogP contribution >= 0.6 is 0 Å². The number of benzene rings is 1. The molecule has 9 nitrogen and oxygen atoms in total. The van der Waals surface area contributed by atoms with Gasteiger partial charge in [-0.3, -0.25) is 9.78 Å². The van der Waals surface area contributed by atoms with Gasteiger partial charge in [-0.15, -0.1) is 0 Å². The summed E-state index contributed by atoms with van der Waals surface area (Å²) in [5.41, 5.74) is 1.61. The second-order valence-corrected chi connectivity index (χ2v) is 5.89. The lowest BCUT2D eigenvalue weighted by Crippen LogP contribution is -2.16. The second-order valence-electron chi connectivity index (χ2n) is 5.89. The summed E-state index contributed by atoms with van der Waals surface area (Å²) in [4.78, 5) is 30.6. The molecule has 0 aliphatic heterocycles. The Kier molecular flexibility index (Phi) is 3.96. The smallest absolute Gasteiger partial charge is 0.338 e. The van der Waals surface area contributed by atoms with Crippen molar-refractivity contribution in [1.29, 1.82) is 0 Å². The van der Waals surface area contributed by atoms with Crippen LogP contribution in [0.3, 0.4) is 0 Å². The van der Waals surface area contributed by atoms with E-state index >= 15 is 0 Å². The van der Waals surface area contributed by atoms with Crippen LogP contribution in [0.25, 0.3) is 17.0 Å². The summed E-state index contributed by atoms with van der Waals surface area (Å²) in [5.74, 6) is -0.183. The number of nitrogens with one attached hydrogen (secondary N) is 1. The molecule has 0 spiro atoms. The second kappa shape index (κ2) is 6.45. The number of nitrogens with zero attached hydrogens (tertiary/aromatic N) is 4. The fraction of sp³-hybridized carbons (Fsp3) is 0.111. The zero-order valence-corrected chi connectivity index (χ0v) is 14.3. The van der Waals surface area contributed by atoms with Crippen LogP contribution < -0.4 is 10.3 Å². The SMILES string of the molecule is COc1ccc(Cn2ccc3nc(-n4cc(C(=O)O)cn4)[nH]c(=O)c32)cc1. The van der Waals surface area contributed by atoms with Crippen LogP contribution in [0.1, 0.15) is 15.9 Å². The molecule has 136 valence electrons. The minimum absolute atomic E-state index is 0.00909. The molecule has 2 N–H and O–H groups in total. The Morgan fingerprint density at radius 3 is 2.70 bits per heavy atom. The molecular formula is C18H15N5O4. The Morgan fingerprint density at radius 1 is 1.26 bits per heavy atom. The van der Waals surface area contributed by atoms with E-state index in [1.54, 1.807) is 23.9 Å². The number of aromatic amines is 1. The lowest BCUT2D eigenvalue weighted by molar-refractivity contribution is 0.0697. The molecule has 0 bridgehead atoms. The first-order valence-corrected chi connectivity index (χ1v) is 8.05. The molecular weight excluding hydrogens is 350 g/mol. The average Bonchev–Trinajstić information content (AvgIpc) is 3.30. The summed E-state index contributed by atoms with van der Waals surface area (Å²) in [6.45, 7) is 0.503. The van der Waals surface area contributed by atoms with Crippen molar-refractivity contribution in [3.63, 3.8) is 0 Å². The highest BCUT2D eigenvalue weighted by molar-refractivity contribution is 5.87. The lowest BCUT2D eigenvalue weighted by Gasteiger charge is -2.07. The Labute approximate surface area is 152 Å². The Morgan fingerprint density at radius 2 is 2.04 bits per heavy atom. The number of carboxylic acid groups (broad SMARTS) is 1. The number of H-pyrrole nitrogens is 1. The molecule has 0 aliphatic carbocycles. The van der Waals surface area contributed by atoms with Crippen LogP contribution in [-0.2, 0) is 6.54 Å². The van der Waals surface area contributed by atoms with Gasteiger partial charge in [0.15, 0.2) is 0 Å². The van der Waals surface area contributed by atoms with Crippen LogP contribution in [-0.4, -0.2) is 42.5 Å². The number of aromatic carboxylic acids is 1. The molecule has 0 radical (unpaired) electrons. The van der Waals surface area contributed by atoms with Gasteiger partial charge < -0.3 is 14.4 Å². The molecule has 0 atom stereocenters. The third-order valence-electron chi connectivity index (χ3n) is 4.17. The van der Waals surface area contributed by atoms with Gasteiger partial charge in [-0.1, -0.05) is 12.1 Å². The summed E-state index contributed by atoms with van der Waals surface area (Å²) in [6.07, 6.45) is 4.27. The third-order valence-corrected chi connectivity index (χ3v) is 4.17. The Balaban J connectivity index is 1.70. The van der Waals surface area contributed by atoms with Crippen LogP contribution in [0.4, 0.5) is 0 Å². The Bertz CT molecular complexity index is 1190. The van der Waals surface area contributed by atoms with E-state index in [0.29, 0.717) is 17.6 Å². The molecule has 0 unspecified atom stereocenters. The fourth-order valence-electron chi connectivity index (χ4n) is 2.82. The van der Waals surface area contributed by atoms with Gasteiger partial charge in [0.1, 0.15) is 11.3 Å². The van der Waals surface area contributed by atoms with E-state index in [1.165, 1.54) is 17.1 Å². The minimum Gasteiger partial charge on any atom is -0.497 e. The maximum Gasteiger partial charge on any atom is 0.338 e. The number of carboxylic acids is 1. The zero-order chi connectivity index (χ0) is 19.0. The zero-order valence-electron chi connectivity index (χ0n) is 14.3. The lowest BCUT2D eigenvalue weighted by atomic mass is 10.2. The molecule has 4 aromatic rings. The summed E-state index contributed by atoms with van der Waals surface area (Å²) in [7, 11) is 1.61. The number of hydrogen-bond donors (Lipinski definition) is 2. The van der Waals surface area contributed by atoms with E-state index in [0.717, 1.165) is 11.3 Å². The predicted molar refractivity (Wildman–Crippen MR) is 96.5 cm³/mol. The topological polar surface area (TPSA) is 115 Å². The minimum atomic E-state index is -1.10. The number of hydrogen-bond acceptors (Lipinski definition) is 5. The van der Waals surface area contributed by atoms with Crippen molar-refractivity contribution >= 4 is 17.0 Å². The molecule has 0 fully saturated rings. The molecule has 3 aromatic heterocycles. The van der Waals surface area contributed by atoms with Crippen molar-refractivity contribution in [1.82, 2.24) is 24.3 Å². The van der Waals surface area contributed by atoms with E-state index in [4.69, 9.17) is 9.84 Å². The van der Waals surface area contributed by atoms with E-state index in [9.17, 15) is 9.59 Å². The van der Waals surface area contributed by atoms with Crippen LogP contribution in [0.5, 0.6) is 5.75 Å². The van der Waals surface area contributed by atoms with Gasteiger partial charge in [0.05, 0.1) is 24.4 Å². The molecule has 9 heteroatoms. The number of methoxy groups -OCH3 is 1. The average molecular weight is 365 g/mol. The first-order chi connectivity index (χ1) is 13.0. The summed E-state index contributed by atoms with van der Waals surface area (Å²) in [6, 6.07) is 9.31. The van der Waals surface area contributed by atoms with Gasteiger partial charge in [0.2, 0.25) is 5.95 Å². The Hall–Kier alpha value is -3.88. The molecule has 0 amide bonds. The summed E-state index contributed by atoms with van der Waals surface area (Å²) in [5, 5.41) is 12.9. The monoisotopic (exact) mass is 365 g/mol. The van der Waals surface area contributed by atoms with Crippen molar-refractivity contribution in [2.24, 2.45) is 0 Å². The molecule has 0 saturated carbocycles. The van der Waals surface area contributed by atoms with Gasteiger partial charge in [0.25, 0.3) is 5.56 Å². The first kappa shape index (κ1) is 16.6. The molecule has 0 aliphatic rings. The molecule has 27 heavy (non-hydrogen) atoms. The maximum absolute atomic E-state index is 12.6. The number of rotatable bonds is 5. The number of carbonyl (C=O) groups is 1. The number of fused-ring (bicyclic) bond motifs is 1. The van der Waals surface area contributed by atoms with Crippen molar-refractivity contribution in [2.45, 2.75) is 6.54 Å². The van der Waals surface area contributed by atoms with E-state index in [1.807, 2.05) is 24.3 Å². The molecule has 1 aromatic carbocycles. The fourth-order valence-corrected chi connectivity index (χ4v) is 2.82. The number of aromatic nitrogens is 5. The third kappa shape index (κ3) is 3.06. The predicted octanol–water partition coefficient (Wildman–Crippen LogP) is 1.67. The summed E-state index contributed by atoms with van der Waals surface area (Å²) < 4.78 is 8.18. The highest BCUT2D eigenvalue weighted by Gasteiger charge is 2.13. The van der Waals surface area contributed by atoms with Crippen molar-refractivity contribution < 1.29 is 14.6 Å². The molecule has 3 heterocycles. The van der Waals surface area contributed by atoms with Crippen LogP contribution in [0.2, 0.25) is 0 Å².